The summed E-state index contributed by atoms with van der Waals surface area (Å²) in [6.07, 6.45) is 5.57. The van der Waals surface area contributed by atoms with Crippen molar-refractivity contribution in [1.29, 1.82) is 0 Å². The van der Waals surface area contributed by atoms with Crippen molar-refractivity contribution in [3.8, 4) is 22.4 Å². The molecule has 0 bridgehead atoms. The number of nitrogens with one attached hydrogen (secondary N) is 1. The predicted octanol–water partition coefficient (Wildman–Crippen LogP) is 4.83. The Morgan fingerprint density at radius 2 is 1.93 bits per heavy atom. The molecule has 28 heavy (non-hydrogen) atoms. The molecule has 4 aromatic rings. The molecule has 4 heterocycles. The van der Waals surface area contributed by atoms with Crippen LogP contribution in [0.4, 0.5) is 5.82 Å². The average Bonchev–Trinajstić information content (AvgIpc) is 3.31. The third-order valence-corrected chi connectivity index (χ3v) is 5.00. The molecular weight excluding hydrogens is 390 g/mol. The van der Waals surface area contributed by atoms with E-state index >= 15 is 0 Å². The molecule has 0 saturated heterocycles. The molecule has 0 aliphatic carbocycles. The Bertz CT molecular complexity index is 1170. The molecule has 0 atom stereocenters. The van der Waals surface area contributed by atoms with E-state index in [9.17, 15) is 0 Å². The van der Waals surface area contributed by atoms with Crippen molar-refractivity contribution >= 4 is 35.2 Å². The summed E-state index contributed by atoms with van der Waals surface area (Å²) >= 11 is 1.65. The van der Waals surface area contributed by atoms with Crippen molar-refractivity contribution in [2.75, 3.05) is 5.32 Å². The molecule has 0 amide bonds. The SMILES string of the molecule is Cl.Cn1cncc1C#Cc1ccc(-c2nc3ccccn3c2NC(C)(C)C)s1. The summed E-state index contributed by atoms with van der Waals surface area (Å²) in [4.78, 5) is 11.1. The zero-order valence-corrected chi connectivity index (χ0v) is 17.9. The zero-order valence-electron chi connectivity index (χ0n) is 16.2. The van der Waals surface area contributed by atoms with Crippen LogP contribution in [0.3, 0.4) is 0 Å². The normalized spacial score (nSPS) is 11.0. The van der Waals surface area contributed by atoms with E-state index in [1.165, 1.54) is 0 Å². The number of pyridine rings is 1. The molecule has 1 N–H and O–H groups in total. The first-order chi connectivity index (χ1) is 12.9. The molecule has 0 fully saturated rings. The molecule has 4 aromatic heterocycles. The largest absolute Gasteiger partial charge is 0.365 e. The maximum absolute atomic E-state index is 4.85. The standard InChI is InChI=1S/C21H21N5S.ClH/c1-21(2,3)24-20-19(23-18-7-5-6-12-26(18)20)17-11-10-16(27-17)9-8-15-13-22-14-25(15)4;/h5-7,10-14,24H,1-4H3;1H. The van der Waals surface area contributed by atoms with Crippen LogP contribution in [0.2, 0.25) is 0 Å². The summed E-state index contributed by atoms with van der Waals surface area (Å²) in [5.74, 6) is 7.41. The molecule has 0 aromatic carbocycles. The number of aryl methyl sites for hydroxylation is 1. The number of anilines is 1. The first-order valence-corrected chi connectivity index (χ1v) is 9.56. The van der Waals surface area contributed by atoms with E-state index in [0.29, 0.717) is 0 Å². The molecule has 0 aliphatic rings. The van der Waals surface area contributed by atoms with Crippen molar-refractivity contribution in [3.05, 3.63) is 59.6 Å². The van der Waals surface area contributed by atoms with Gasteiger partial charge in [0.05, 0.1) is 22.3 Å². The Morgan fingerprint density at radius 3 is 2.64 bits per heavy atom. The fourth-order valence-electron chi connectivity index (χ4n) is 2.78. The second-order valence-corrected chi connectivity index (χ2v) is 8.50. The van der Waals surface area contributed by atoms with Crippen LogP contribution in [0, 0.1) is 11.8 Å². The van der Waals surface area contributed by atoms with Crippen LogP contribution in [-0.4, -0.2) is 24.5 Å². The van der Waals surface area contributed by atoms with Gasteiger partial charge in [-0.15, -0.1) is 23.7 Å². The highest BCUT2D eigenvalue weighted by Crippen LogP contribution is 2.34. The van der Waals surface area contributed by atoms with Crippen molar-refractivity contribution < 1.29 is 0 Å². The smallest absolute Gasteiger partial charge is 0.140 e. The number of fused-ring (bicyclic) bond motifs is 1. The lowest BCUT2D eigenvalue weighted by Crippen LogP contribution is -2.27. The number of halogens is 1. The maximum atomic E-state index is 4.85. The van der Waals surface area contributed by atoms with E-state index in [1.54, 1.807) is 23.9 Å². The summed E-state index contributed by atoms with van der Waals surface area (Å²) in [5.41, 5.74) is 2.71. The quantitative estimate of drug-likeness (QED) is 0.480. The minimum atomic E-state index is -0.0695. The summed E-state index contributed by atoms with van der Waals surface area (Å²) in [6, 6.07) is 10.2. The fraction of sp³-hybridized carbons (Fsp3) is 0.238. The molecule has 144 valence electrons. The van der Waals surface area contributed by atoms with E-state index in [4.69, 9.17) is 4.98 Å². The van der Waals surface area contributed by atoms with Crippen molar-refractivity contribution in [2.24, 2.45) is 7.05 Å². The molecule has 0 unspecified atom stereocenters. The summed E-state index contributed by atoms with van der Waals surface area (Å²) < 4.78 is 4.01. The number of aromatic nitrogens is 4. The topological polar surface area (TPSA) is 47.2 Å². The van der Waals surface area contributed by atoms with E-state index in [2.05, 4.69) is 53.4 Å². The second-order valence-electron chi connectivity index (χ2n) is 7.42. The van der Waals surface area contributed by atoms with Gasteiger partial charge >= 0.3 is 0 Å². The molecule has 7 heteroatoms. The van der Waals surface area contributed by atoms with Gasteiger partial charge in [-0.3, -0.25) is 4.40 Å². The third kappa shape index (κ3) is 4.06. The molecule has 5 nitrogen and oxygen atoms in total. The van der Waals surface area contributed by atoms with E-state index in [1.807, 2.05) is 42.1 Å². The van der Waals surface area contributed by atoms with Gasteiger partial charge in [-0.1, -0.05) is 6.07 Å². The van der Waals surface area contributed by atoms with Gasteiger partial charge in [-0.2, -0.15) is 0 Å². The number of nitrogens with zero attached hydrogens (tertiary/aromatic N) is 4. The van der Waals surface area contributed by atoms with Crippen LogP contribution >= 0.6 is 23.7 Å². The third-order valence-electron chi connectivity index (χ3n) is 3.99. The highest BCUT2D eigenvalue weighted by Gasteiger charge is 2.20. The number of thiophene rings is 1. The van der Waals surface area contributed by atoms with Crippen molar-refractivity contribution in [1.82, 2.24) is 18.9 Å². The van der Waals surface area contributed by atoms with Crippen LogP contribution in [0.25, 0.3) is 16.2 Å². The monoisotopic (exact) mass is 411 g/mol. The van der Waals surface area contributed by atoms with Gasteiger partial charge in [0.15, 0.2) is 0 Å². The molecule has 0 aliphatic heterocycles. The van der Waals surface area contributed by atoms with Crippen LogP contribution in [0.1, 0.15) is 31.3 Å². The van der Waals surface area contributed by atoms with Gasteiger partial charge in [0.25, 0.3) is 0 Å². The lowest BCUT2D eigenvalue weighted by atomic mass is 10.1. The molecule has 0 saturated carbocycles. The Balaban J connectivity index is 0.00000225. The van der Waals surface area contributed by atoms with Crippen LogP contribution < -0.4 is 5.32 Å². The number of hydrogen-bond acceptors (Lipinski definition) is 4. The number of hydrogen-bond donors (Lipinski definition) is 1. The molecule has 4 rings (SSSR count). The molecular formula is C21H22ClN5S. The first-order valence-electron chi connectivity index (χ1n) is 8.74. The average molecular weight is 412 g/mol. The van der Waals surface area contributed by atoms with Gasteiger partial charge in [-0.25, -0.2) is 9.97 Å². The summed E-state index contributed by atoms with van der Waals surface area (Å²) in [5, 5.41) is 3.60. The van der Waals surface area contributed by atoms with Crippen LogP contribution in [-0.2, 0) is 7.05 Å². The van der Waals surface area contributed by atoms with Gasteiger partial charge in [0, 0.05) is 18.8 Å². The van der Waals surface area contributed by atoms with Gasteiger partial charge in [0.2, 0.25) is 0 Å². The Labute approximate surface area is 174 Å². The zero-order chi connectivity index (χ0) is 19.0. The van der Waals surface area contributed by atoms with E-state index in [0.717, 1.165) is 32.6 Å². The molecule has 0 spiro atoms. The number of imidazole rings is 2. The minimum Gasteiger partial charge on any atom is -0.365 e. The van der Waals surface area contributed by atoms with Crippen LogP contribution in [0.5, 0.6) is 0 Å². The lowest BCUT2D eigenvalue weighted by molar-refractivity contribution is 0.630. The molecule has 0 radical (unpaired) electrons. The maximum Gasteiger partial charge on any atom is 0.140 e. The van der Waals surface area contributed by atoms with Gasteiger partial charge in [0.1, 0.15) is 22.9 Å². The lowest BCUT2D eigenvalue weighted by Gasteiger charge is -2.22. The van der Waals surface area contributed by atoms with E-state index in [-0.39, 0.29) is 17.9 Å². The summed E-state index contributed by atoms with van der Waals surface area (Å²) in [7, 11) is 1.94. The first kappa shape index (κ1) is 20.0. The Kier molecular flexibility index (Phi) is 5.50. The summed E-state index contributed by atoms with van der Waals surface area (Å²) in [6.45, 7) is 6.45. The van der Waals surface area contributed by atoms with Gasteiger partial charge < -0.3 is 9.88 Å². The highest BCUT2D eigenvalue weighted by molar-refractivity contribution is 7.16. The fourth-order valence-corrected chi connectivity index (χ4v) is 3.63. The Morgan fingerprint density at radius 1 is 1.11 bits per heavy atom. The second kappa shape index (κ2) is 7.70. The predicted molar refractivity (Wildman–Crippen MR) is 118 cm³/mol. The van der Waals surface area contributed by atoms with E-state index < -0.39 is 0 Å². The van der Waals surface area contributed by atoms with Crippen molar-refractivity contribution in [2.45, 2.75) is 26.3 Å². The van der Waals surface area contributed by atoms with Crippen LogP contribution in [0.15, 0.2) is 49.1 Å². The van der Waals surface area contributed by atoms with Gasteiger partial charge in [-0.05, 0) is 56.9 Å². The highest BCUT2D eigenvalue weighted by atomic mass is 35.5. The van der Waals surface area contributed by atoms with Crippen molar-refractivity contribution in [3.63, 3.8) is 0 Å². The minimum absolute atomic E-state index is 0. The number of rotatable bonds is 2. The Hall–Kier alpha value is -2.75.